The molecule has 0 fully saturated rings. The minimum absolute atomic E-state index is 0.198. The summed E-state index contributed by atoms with van der Waals surface area (Å²) in [6.07, 6.45) is 2.76. The summed E-state index contributed by atoms with van der Waals surface area (Å²) in [5.74, 6) is 0.198. The van der Waals surface area contributed by atoms with E-state index in [1.54, 1.807) is 0 Å². The first-order valence-corrected chi connectivity index (χ1v) is 12.0. The molecule has 6 rings (SSSR count). The molecule has 170 valence electrons. The lowest BCUT2D eigenvalue weighted by Gasteiger charge is -2.12. The molecule has 0 aliphatic heterocycles. The molecule has 0 amide bonds. The Morgan fingerprint density at radius 3 is 2.31 bits per heavy atom. The van der Waals surface area contributed by atoms with Gasteiger partial charge >= 0.3 is 0 Å². The van der Waals surface area contributed by atoms with Gasteiger partial charge in [0.25, 0.3) is 0 Å². The maximum atomic E-state index is 6.46. The average molecular weight is 455 g/mol. The SMILES string of the molecule is Cc1nc(C(C)c2ccccc2)cc2c1oc1c(-c3cc(Cc4ccccc4)ccn3)cccc12. The molecular weight excluding hydrogens is 428 g/mol. The molecule has 0 saturated carbocycles. The number of rotatable bonds is 5. The van der Waals surface area contributed by atoms with Crippen molar-refractivity contribution >= 4 is 21.9 Å². The van der Waals surface area contributed by atoms with Crippen molar-refractivity contribution in [2.45, 2.75) is 26.2 Å². The normalized spacial score (nSPS) is 12.3. The summed E-state index contributed by atoms with van der Waals surface area (Å²) < 4.78 is 6.46. The molecular formula is C32H26N2O. The fourth-order valence-electron chi connectivity index (χ4n) is 4.87. The lowest BCUT2D eigenvalue weighted by Crippen LogP contribution is -2.00. The zero-order chi connectivity index (χ0) is 23.8. The standard InChI is InChI=1S/C32H26N2O/c1-21(25-12-7-4-8-13-25)29-20-28-26-14-9-15-27(32(26)35-31(28)22(2)34-29)30-19-24(16-17-33-30)18-23-10-5-3-6-11-23/h3-17,19-21H,18H2,1-2H3. The Morgan fingerprint density at radius 1 is 0.743 bits per heavy atom. The van der Waals surface area contributed by atoms with Crippen molar-refractivity contribution in [1.29, 1.82) is 0 Å². The second-order valence-corrected chi connectivity index (χ2v) is 9.14. The highest BCUT2D eigenvalue weighted by molar-refractivity contribution is 6.09. The Morgan fingerprint density at radius 2 is 1.51 bits per heavy atom. The van der Waals surface area contributed by atoms with Crippen molar-refractivity contribution in [2.24, 2.45) is 0 Å². The topological polar surface area (TPSA) is 38.9 Å². The molecule has 3 aromatic heterocycles. The van der Waals surface area contributed by atoms with Crippen LogP contribution < -0.4 is 0 Å². The minimum atomic E-state index is 0.198. The minimum Gasteiger partial charge on any atom is -0.453 e. The molecule has 0 aliphatic carbocycles. The van der Waals surface area contributed by atoms with Gasteiger partial charge in [0, 0.05) is 34.1 Å². The number of aromatic nitrogens is 2. The summed E-state index contributed by atoms with van der Waals surface area (Å²) in [4.78, 5) is 9.63. The molecule has 1 atom stereocenters. The van der Waals surface area contributed by atoms with E-state index < -0.39 is 0 Å². The van der Waals surface area contributed by atoms with E-state index in [0.29, 0.717) is 0 Å². The van der Waals surface area contributed by atoms with Crippen LogP contribution in [0.15, 0.2) is 108 Å². The van der Waals surface area contributed by atoms with Gasteiger partial charge < -0.3 is 4.42 Å². The Labute approximate surface area is 205 Å². The third-order valence-electron chi connectivity index (χ3n) is 6.77. The first kappa shape index (κ1) is 21.3. The summed E-state index contributed by atoms with van der Waals surface area (Å²) in [6, 6.07) is 33.8. The van der Waals surface area contributed by atoms with Crippen LogP contribution in [-0.2, 0) is 6.42 Å². The maximum absolute atomic E-state index is 6.46. The molecule has 0 radical (unpaired) electrons. The van der Waals surface area contributed by atoms with Crippen LogP contribution in [0.3, 0.4) is 0 Å². The molecule has 6 aromatic rings. The number of furan rings is 1. The largest absolute Gasteiger partial charge is 0.453 e. The first-order chi connectivity index (χ1) is 17.2. The second-order valence-electron chi connectivity index (χ2n) is 9.14. The average Bonchev–Trinajstić information content (AvgIpc) is 3.29. The monoisotopic (exact) mass is 454 g/mol. The van der Waals surface area contributed by atoms with Gasteiger partial charge in [-0.25, -0.2) is 0 Å². The van der Waals surface area contributed by atoms with Gasteiger partial charge in [0.15, 0.2) is 5.58 Å². The highest BCUT2D eigenvalue weighted by Gasteiger charge is 2.18. The predicted octanol–water partition coefficient (Wildman–Crippen LogP) is 8.09. The zero-order valence-corrected chi connectivity index (χ0v) is 19.9. The van der Waals surface area contributed by atoms with Gasteiger partial charge in [-0.2, -0.15) is 0 Å². The van der Waals surface area contributed by atoms with E-state index >= 15 is 0 Å². The Kier molecular flexibility index (Phi) is 5.38. The lowest BCUT2D eigenvalue weighted by atomic mass is 9.96. The van der Waals surface area contributed by atoms with Crippen LogP contribution in [0, 0.1) is 6.92 Å². The van der Waals surface area contributed by atoms with E-state index in [2.05, 4.69) is 91.9 Å². The van der Waals surface area contributed by atoms with Crippen LogP contribution in [0.1, 0.15) is 40.9 Å². The first-order valence-electron chi connectivity index (χ1n) is 12.0. The van der Waals surface area contributed by atoms with E-state index in [1.807, 2.05) is 25.3 Å². The number of benzene rings is 3. The lowest BCUT2D eigenvalue weighted by molar-refractivity contribution is 0.662. The van der Waals surface area contributed by atoms with Crippen LogP contribution in [0.2, 0.25) is 0 Å². The van der Waals surface area contributed by atoms with Gasteiger partial charge in [-0.05, 0) is 54.3 Å². The molecule has 0 aliphatic rings. The van der Waals surface area contributed by atoms with Crippen molar-refractivity contribution in [3.8, 4) is 11.3 Å². The number of fused-ring (bicyclic) bond motifs is 3. The predicted molar refractivity (Wildman–Crippen MR) is 143 cm³/mol. The van der Waals surface area contributed by atoms with Crippen LogP contribution in [-0.4, -0.2) is 9.97 Å². The molecule has 0 bridgehead atoms. The third kappa shape index (κ3) is 4.00. The van der Waals surface area contributed by atoms with E-state index in [4.69, 9.17) is 14.4 Å². The highest BCUT2D eigenvalue weighted by atomic mass is 16.3. The number of hydrogen-bond donors (Lipinski definition) is 0. The molecule has 0 saturated heterocycles. The van der Waals surface area contributed by atoms with Gasteiger partial charge in [0.05, 0.1) is 11.4 Å². The van der Waals surface area contributed by atoms with Gasteiger partial charge in [-0.1, -0.05) is 79.7 Å². The number of nitrogens with zero attached hydrogens (tertiary/aromatic N) is 2. The van der Waals surface area contributed by atoms with Crippen LogP contribution in [0.5, 0.6) is 0 Å². The van der Waals surface area contributed by atoms with E-state index in [-0.39, 0.29) is 5.92 Å². The van der Waals surface area contributed by atoms with Crippen molar-refractivity contribution in [1.82, 2.24) is 9.97 Å². The molecule has 3 aromatic carbocycles. The van der Waals surface area contributed by atoms with Crippen molar-refractivity contribution in [2.75, 3.05) is 0 Å². The smallest absolute Gasteiger partial charge is 0.156 e. The number of para-hydroxylation sites is 1. The van der Waals surface area contributed by atoms with Crippen LogP contribution in [0.25, 0.3) is 33.2 Å². The summed E-state index contributed by atoms with van der Waals surface area (Å²) in [5, 5.41) is 2.20. The number of pyridine rings is 2. The number of hydrogen-bond acceptors (Lipinski definition) is 3. The fraction of sp³-hybridized carbons (Fsp3) is 0.125. The molecule has 3 heteroatoms. The summed E-state index contributed by atoms with van der Waals surface area (Å²) >= 11 is 0. The highest BCUT2D eigenvalue weighted by Crippen LogP contribution is 2.38. The molecule has 35 heavy (non-hydrogen) atoms. The van der Waals surface area contributed by atoms with E-state index in [9.17, 15) is 0 Å². The molecule has 1 unspecified atom stereocenters. The molecule has 0 N–H and O–H groups in total. The maximum Gasteiger partial charge on any atom is 0.156 e. The Bertz CT molecular complexity index is 1640. The van der Waals surface area contributed by atoms with Crippen molar-refractivity contribution < 1.29 is 4.42 Å². The van der Waals surface area contributed by atoms with Gasteiger partial charge in [-0.3, -0.25) is 9.97 Å². The summed E-state index contributed by atoms with van der Waals surface area (Å²) in [6.45, 7) is 4.24. The molecule has 3 heterocycles. The molecule has 3 nitrogen and oxygen atoms in total. The van der Waals surface area contributed by atoms with Crippen molar-refractivity contribution in [3.63, 3.8) is 0 Å². The third-order valence-corrected chi connectivity index (χ3v) is 6.77. The fourth-order valence-corrected chi connectivity index (χ4v) is 4.87. The van der Waals surface area contributed by atoms with E-state index in [1.165, 1.54) is 16.7 Å². The zero-order valence-electron chi connectivity index (χ0n) is 19.9. The van der Waals surface area contributed by atoms with Crippen LogP contribution in [0.4, 0.5) is 0 Å². The summed E-state index contributed by atoms with van der Waals surface area (Å²) in [7, 11) is 0. The van der Waals surface area contributed by atoms with E-state index in [0.717, 1.165) is 51.0 Å². The quantitative estimate of drug-likeness (QED) is 0.264. The van der Waals surface area contributed by atoms with Crippen molar-refractivity contribution in [3.05, 3.63) is 131 Å². The Balaban J connectivity index is 1.45. The number of aryl methyl sites for hydroxylation is 1. The van der Waals surface area contributed by atoms with Crippen LogP contribution >= 0.6 is 0 Å². The Hall–Kier alpha value is -4.24. The van der Waals surface area contributed by atoms with Gasteiger partial charge in [0.2, 0.25) is 0 Å². The van der Waals surface area contributed by atoms with Gasteiger partial charge in [0.1, 0.15) is 5.58 Å². The summed E-state index contributed by atoms with van der Waals surface area (Å²) in [5.41, 5.74) is 9.37. The van der Waals surface area contributed by atoms with Gasteiger partial charge in [-0.15, -0.1) is 0 Å². The second kappa shape index (κ2) is 8.84. The molecule has 0 spiro atoms.